The fraction of sp³-hybridized carbons (Fsp3) is 0.345. The largest absolute Gasteiger partial charge is 0.389 e. The number of aromatic nitrogens is 2. The molecule has 3 aromatic carbocycles. The number of rotatable bonds is 7. The first-order chi connectivity index (χ1) is 16.4. The summed E-state index contributed by atoms with van der Waals surface area (Å²) < 4.78 is 13.7. The number of aryl methyl sites for hydroxylation is 1. The van der Waals surface area contributed by atoms with Crippen LogP contribution in [0.15, 0.2) is 66.7 Å². The third-order valence-electron chi connectivity index (χ3n) is 7.17. The molecule has 1 aliphatic rings. The summed E-state index contributed by atoms with van der Waals surface area (Å²) in [5, 5.41) is 15.2. The lowest BCUT2D eigenvalue weighted by atomic mass is 9.66. The summed E-state index contributed by atoms with van der Waals surface area (Å²) in [4.78, 5) is 8.10. The van der Waals surface area contributed by atoms with Crippen LogP contribution in [0.25, 0.3) is 22.4 Å². The van der Waals surface area contributed by atoms with Crippen LogP contribution in [-0.4, -0.2) is 27.2 Å². The summed E-state index contributed by atoms with van der Waals surface area (Å²) in [5.74, 6) is 0.956. The van der Waals surface area contributed by atoms with Gasteiger partial charge in [-0.15, -0.1) is 0 Å². The minimum atomic E-state index is -0.790. The zero-order valence-corrected chi connectivity index (χ0v) is 19.8. The first-order valence-electron chi connectivity index (χ1n) is 12.2. The maximum absolute atomic E-state index is 13.7. The van der Waals surface area contributed by atoms with E-state index < -0.39 is 5.60 Å². The number of benzene rings is 3. The molecular formula is C29H32FN3O. The van der Waals surface area contributed by atoms with Gasteiger partial charge in [0.25, 0.3) is 0 Å². The SMILES string of the molecule is CC(C)[C@H]1c2ccc(F)cc2CC[C@]1(O)CCNCc1cccc(-c2nc3ccccc3[nH]2)c1. The summed E-state index contributed by atoms with van der Waals surface area (Å²) in [7, 11) is 0. The Kier molecular flexibility index (Phi) is 6.24. The van der Waals surface area contributed by atoms with Crippen LogP contribution in [0.2, 0.25) is 0 Å². The van der Waals surface area contributed by atoms with E-state index in [0.717, 1.165) is 40.1 Å². The number of aliphatic hydroxyl groups is 1. The predicted molar refractivity (Wildman–Crippen MR) is 135 cm³/mol. The van der Waals surface area contributed by atoms with Crippen LogP contribution in [0, 0.1) is 11.7 Å². The molecule has 0 bridgehead atoms. The van der Waals surface area contributed by atoms with E-state index in [1.807, 2.05) is 30.3 Å². The summed E-state index contributed by atoms with van der Waals surface area (Å²) >= 11 is 0. The van der Waals surface area contributed by atoms with Crippen LogP contribution < -0.4 is 5.32 Å². The molecule has 1 heterocycles. The Morgan fingerprint density at radius 2 is 1.97 bits per heavy atom. The number of halogens is 1. The highest BCUT2D eigenvalue weighted by Gasteiger charge is 2.42. The smallest absolute Gasteiger partial charge is 0.138 e. The molecule has 0 radical (unpaired) electrons. The van der Waals surface area contributed by atoms with Crippen molar-refractivity contribution in [1.82, 2.24) is 15.3 Å². The molecule has 0 fully saturated rings. The van der Waals surface area contributed by atoms with E-state index >= 15 is 0 Å². The molecule has 1 aliphatic carbocycles. The monoisotopic (exact) mass is 457 g/mol. The maximum Gasteiger partial charge on any atom is 0.138 e. The van der Waals surface area contributed by atoms with E-state index in [1.165, 1.54) is 11.6 Å². The molecule has 0 saturated heterocycles. The second-order valence-corrected chi connectivity index (χ2v) is 9.90. The molecule has 0 spiro atoms. The van der Waals surface area contributed by atoms with Gasteiger partial charge in [-0.05, 0) is 78.7 Å². The number of nitrogens with one attached hydrogen (secondary N) is 2. The number of para-hydroxylation sites is 2. The molecule has 0 saturated carbocycles. The minimum Gasteiger partial charge on any atom is -0.389 e. The predicted octanol–water partition coefficient (Wildman–Crippen LogP) is 5.97. The van der Waals surface area contributed by atoms with Gasteiger partial charge in [0, 0.05) is 18.0 Å². The minimum absolute atomic E-state index is 0.00932. The van der Waals surface area contributed by atoms with E-state index in [-0.39, 0.29) is 17.7 Å². The molecule has 3 N–H and O–H groups in total. The van der Waals surface area contributed by atoms with Crippen LogP contribution >= 0.6 is 0 Å². The summed E-state index contributed by atoms with van der Waals surface area (Å²) in [6.45, 7) is 5.72. The third-order valence-corrected chi connectivity index (χ3v) is 7.17. The number of nitrogens with zero attached hydrogens (tertiary/aromatic N) is 1. The molecule has 5 heteroatoms. The van der Waals surface area contributed by atoms with Gasteiger partial charge >= 0.3 is 0 Å². The fourth-order valence-corrected chi connectivity index (χ4v) is 5.61. The maximum atomic E-state index is 13.7. The third kappa shape index (κ3) is 4.50. The molecule has 4 aromatic rings. The molecule has 34 heavy (non-hydrogen) atoms. The van der Waals surface area contributed by atoms with Gasteiger partial charge in [0.15, 0.2) is 0 Å². The quantitative estimate of drug-likeness (QED) is 0.300. The lowest BCUT2D eigenvalue weighted by Gasteiger charge is -2.44. The van der Waals surface area contributed by atoms with Crippen molar-refractivity contribution in [3.8, 4) is 11.4 Å². The summed E-state index contributed by atoms with van der Waals surface area (Å²) in [6.07, 6.45) is 2.04. The van der Waals surface area contributed by atoms with Gasteiger partial charge in [0.1, 0.15) is 11.6 Å². The Labute approximate surface area is 200 Å². The Balaban J connectivity index is 1.24. The van der Waals surface area contributed by atoms with Gasteiger partial charge in [-0.2, -0.15) is 0 Å². The second kappa shape index (κ2) is 9.32. The Bertz CT molecular complexity index is 1260. The highest BCUT2D eigenvalue weighted by atomic mass is 19.1. The first-order valence-corrected chi connectivity index (χ1v) is 12.2. The fourth-order valence-electron chi connectivity index (χ4n) is 5.61. The molecule has 2 atom stereocenters. The molecule has 5 rings (SSSR count). The summed E-state index contributed by atoms with van der Waals surface area (Å²) in [6, 6.07) is 21.5. The molecule has 0 unspecified atom stereocenters. The van der Waals surface area contributed by atoms with Crippen molar-refractivity contribution in [2.24, 2.45) is 5.92 Å². The van der Waals surface area contributed by atoms with Crippen LogP contribution in [0.5, 0.6) is 0 Å². The highest BCUT2D eigenvalue weighted by Crippen LogP contribution is 2.45. The van der Waals surface area contributed by atoms with Gasteiger partial charge in [-0.1, -0.05) is 50.2 Å². The van der Waals surface area contributed by atoms with E-state index in [0.29, 0.717) is 25.8 Å². The van der Waals surface area contributed by atoms with Gasteiger partial charge in [0.2, 0.25) is 0 Å². The van der Waals surface area contributed by atoms with E-state index in [9.17, 15) is 9.50 Å². The normalized spacial score (nSPS) is 20.1. The number of H-pyrrole nitrogens is 1. The van der Waals surface area contributed by atoms with Crippen LogP contribution in [0.3, 0.4) is 0 Å². The van der Waals surface area contributed by atoms with Gasteiger partial charge in [-0.3, -0.25) is 0 Å². The molecule has 4 nitrogen and oxygen atoms in total. The van der Waals surface area contributed by atoms with E-state index in [1.54, 1.807) is 6.07 Å². The van der Waals surface area contributed by atoms with Crippen molar-refractivity contribution in [2.75, 3.05) is 6.54 Å². The lowest BCUT2D eigenvalue weighted by Crippen LogP contribution is -2.44. The van der Waals surface area contributed by atoms with Crippen molar-refractivity contribution in [2.45, 2.75) is 51.2 Å². The zero-order valence-electron chi connectivity index (χ0n) is 19.8. The number of hydrogen-bond acceptors (Lipinski definition) is 3. The zero-order chi connectivity index (χ0) is 23.7. The van der Waals surface area contributed by atoms with E-state index in [2.05, 4.69) is 48.4 Å². The topological polar surface area (TPSA) is 60.9 Å². The van der Waals surface area contributed by atoms with Crippen LogP contribution in [0.4, 0.5) is 4.39 Å². The Hall–Kier alpha value is -3.02. The van der Waals surface area contributed by atoms with E-state index in [4.69, 9.17) is 4.98 Å². The van der Waals surface area contributed by atoms with Gasteiger partial charge in [0.05, 0.1) is 16.6 Å². The molecule has 176 valence electrons. The molecular weight excluding hydrogens is 425 g/mol. The average Bonchev–Trinajstić information content (AvgIpc) is 3.26. The van der Waals surface area contributed by atoms with Crippen molar-refractivity contribution in [1.29, 1.82) is 0 Å². The Morgan fingerprint density at radius 1 is 1.12 bits per heavy atom. The summed E-state index contributed by atoms with van der Waals surface area (Å²) in [5.41, 5.74) is 5.58. The van der Waals surface area contributed by atoms with Crippen molar-refractivity contribution >= 4 is 11.0 Å². The number of fused-ring (bicyclic) bond motifs is 2. The Morgan fingerprint density at radius 3 is 2.79 bits per heavy atom. The highest BCUT2D eigenvalue weighted by molar-refractivity contribution is 5.79. The average molecular weight is 458 g/mol. The van der Waals surface area contributed by atoms with Crippen LogP contribution in [0.1, 0.15) is 49.3 Å². The molecule has 0 aliphatic heterocycles. The van der Waals surface area contributed by atoms with Gasteiger partial charge in [-0.25, -0.2) is 9.37 Å². The standard InChI is InChI=1S/C29H32FN3O/c1-19(2)27-24-11-10-23(30)17-21(24)12-13-29(27,34)14-15-31-18-20-6-5-7-22(16-20)28-32-25-8-3-4-9-26(25)33-28/h3-11,16-17,19,27,31,34H,12-15,18H2,1-2H3,(H,32,33)/t27-,29-/m0/s1. The van der Waals surface area contributed by atoms with Crippen molar-refractivity contribution in [3.05, 3.63) is 89.2 Å². The van der Waals surface area contributed by atoms with Crippen molar-refractivity contribution < 1.29 is 9.50 Å². The number of imidazole rings is 1. The second-order valence-electron chi connectivity index (χ2n) is 9.90. The lowest BCUT2D eigenvalue weighted by molar-refractivity contribution is -0.0242. The van der Waals surface area contributed by atoms with Crippen LogP contribution in [-0.2, 0) is 13.0 Å². The van der Waals surface area contributed by atoms with Crippen molar-refractivity contribution in [3.63, 3.8) is 0 Å². The number of aromatic amines is 1. The number of hydrogen-bond donors (Lipinski definition) is 3. The molecule has 1 aromatic heterocycles. The van der Waals surface area contributed by atoms with Gasteiger partial charge < -0.3 is 15.4 Å². The molecule has 0 amide bonds. The first kappa shape index (κ1) is 22.8.